The molecule has 80 valence electrons. The van der Waals surface area contributed by atoms with Crippen LogP contribution in [0.15, 0.2) is 29.4 Å². The van der Waals surface area contributed by atoms with E-state index in [4.69, 9.17) is 17.3 Å². The van der Waals surface area contributed by atoms with Gasteiger partial charge in [0.1, 0.15) is 0 Å². The third-order valence-electron chi connectivity index (χ3n) is 1.66. The third kappa shape index (κ3) is 3.69. The molecule has 0 radical (unpaired) electrons. The van der Waals surface area contributed by atoms with E-state index in [1.807, 2.05) is 0 Å². The van der Waals surface area contributed by atoms with E-state index in [-0.39, 0.29) is 6.54 Å². The quantitative estimate of drug-likeness (QED) is 0.486. The number of benzene rings is 1. The van der Waals surface area contributed by atoms with Crippen LogP contribution in [0, 0.1) is 0 Å². The van der Waals surface area contributed by atoms with E-state index in [1.54, 1.807) is 31.2 Å². The molecule has 0 aliphatic heterocycles. The number of oxime groups is 1. The largest absolute Gasteiger partial charge is 0.365 e. The minimum Gasteiger partial charge on any atom is -0.325 e. The first-order valence-corrected chi connectivity index (χ1v) is 4.71. The average Bonchev–Trinajstić information content (AvgIpc) is 2.26. The van der Waals surface area contributed by atoms with Crippen molar-refractivity contribution in [2.45, 2.75) is 6.92 Å². The maximum atomic E-state index is 11.4. The number of hydrogen-bond acceptors (Lipinski definition) is 4. The Morgan fingerprint density at radius 3 is 2.60 bits per heavy atom. The Labute approximate surface area is 92.7 Å². The van der Waals surface area contributed by atoms with Crippen molar-refractivity contribution in [3.8, 4) is 0 Å². The molecule has 0 unspecified atom stereocenters. The Balaban J connectivity index is 2.66. The molecule has 0 spiro atoms. The molecule has 5 heteroatoms. The maximum Gasteiger partial charge on any atom is 0.365 e. The van der Waals surface area contributed by atoms with Crippen LogP contribution in [0.2, 0.25) is 5.02 Å². The highest BCUT2D eigenvalue weighted by molar-refractivity contribution is 6.30. The average molecular weight is 227 g/mol. The molecule has 2 N–H and O–H groups in total. The van der Waals surface area contributed by atoms with Crippen LogP contribution in [0.3, 0.4) is 0 Å². The van der Waals surface area contributed by atoms with Crippen molar-refractivity contribution in [2.75, 3.05) is 6.54 Å². The van der Waals surface area contributed by atoms with Gasteiger partial charge < -0.3 is 10.6 Å². The van der Waals surface area contributed by atoms with Crippen LogP contribution in [0.1, 0.15) is 17.3 Å². The minimum absolute atomic E-state index is 0.258. The predicted molar refractivity (Wildman–Crippen MR) is 59.0 cm³/mol. The number of hydrogen-bond donors (Lipinski definition) is 1. The molecule has 15 heavy (non-hydrogen) atoms. The van der Waals surface area contributed by atoms with Crippen LogP contribution in [-0.4, -0.2) is 18.2 Å². The molecule has 0 heterocycles. The van der Waals surface area contributed by atoms with Gasteiger partial charge in [0.2, 0.25) is 0 Å². The van der Waals surface area contributed by atoms with Gasteiger partial charge in [-0.2, -0.15) is 0 Å². The van der Waals surface area contributed by atoms with Gasteiger partial charge in [-0.25, -0.2) is 4.79 Å². The Bertz CT molecular complexity index is 374. The Hall–Kier alpha value is -1.39. The smallest absolute Gasteiger partial charge is 0.325 e. The lowest BCUT2D eigenvalue weighted by atomic mass is 10.2. The molecule has 4 nitrogen and oxygen atoms in total. The van der Waals surface area contributed by atoms with Crippen LogP contribution < -0.4 is 5.73 Å². The number of nitrogens with two attached hydrogens (primary N) is 1. The summed E-state index contributed by atoms with van der Waals surface area (Å²) in [4.78, 5) is 16.0. The molecule has 1 rings (SSSR count). The fourth-order valence-electron chi connectivity index (χ4n) is 0.795. The summed E-state index contributed by atoms with van der Waals surface area (Å²) in [5.74, 6) is -0.528. The molecule has 1 aromatic rings. The lowest BCUT2D eigenvalue weighted by Gasteiger charge is -1.99. The van der Waals surface area contributed by atoms with Crippen LogP contribution >= 0.6 is 11.6 Å². The summed E-state index contributed by atoms with van der Waals surface area (Å²) in [6.45, 7) is 1.93. The first-order valence-electron chi connectivity index (χ1n) is 4.34. The molecular weight excluding hydrogens is 216 g/mol. The second kappa shape index (κ2) is 5.48. The Morgan fingerprint density at radius 1 is 1.47 bits per heavy atom. The van der Waals surface area contributed by atoms with E-state index >= 15 is 0 Å². The van der Waals surface area contributed by atoms with Crippen LogP contribution in [0.5, 0.6) is 0 Å². The first-order chi connectivity index (χ1) is 7.13. The highest BCUT2D eigenvalue weighted by Gasteiger charge is 2.06. The van der Waals surface area contributed by atoms with Gasteiger partial charge in [-0.3, -0.25) is 0 Å². The summed E-state index contributed by atoms with van der Waals surface area (Å²) < 4.78 is 0. The lowest BCUT2D eigenvalue weighted by molar-refractivity contribution is 0.0515. The van der Waals surface area contributed by atoms with E-state index in [0.29, 0.717) is 16.3 Å². The van der Waals surface area contributed by atoms with Crippen LogP contribution in [0.4, 0.5) is 0 Å². The standard InChI is InChI=1S/C10H11ClN2O2/c1-7(6-12)13-15-10(14)8-2-4-9(11)5-3-8/h2-5H,6,12H2,1H3/b13-7+. The summed E-state index contributed by atoms with van der Waals surface area (Å²) in [6, 6.07) is 6.35. The zero-order valence-corrected chi connectivity index (χ0v) is 8.99. The molecule has 0 bridgehead atoms. The normalized spacial score (nSPS) is 11.3. The fourth-order valence-corrected chi connectivity index (χ4v) is 0.921. The van der Waals surface area contributed by atoms with Crippen molar-refractivity contribution in [1.82, 2.24) is 0 Å². The van der Waals surface area contributed by atoms with Gasteiger partial charge in [-0.1, -0.05) is 16.8 Å². The lowest BCUT2D eigenvalue weighted by Crippen LogP contribution is -2.11. The van der Waals surface area contributed by atoms with Gasteiger partial charge in [0, 0.05) is 11.6 Å². The predicted octanol–water partition coefficient (Wildman–Crippen LogP) is 1.83. The van der Waals surface area contributed by atoms with Crippen molar-refractivity contribution in [1.29, 1.82) is 0 Å². The molecule has 0 aliphatic carbocycles. The molecule has 0 amide bonds. The molecule has 0 fully saturated rings. The van der Waals surface area contributed by atoms with Gasteiger partial charge in [0.15, 0.2) is 0 Å². The topological polar surface area (TPSA) is 64.7 Å². The zero-order chi connectivity index (χ0) is 11.3. The Morgan fingerprint density at radius 2 is 2.07 bits per heavy atom. The van der Waals surface area contributed by atoms with E-state index in [2.05, 4.69) is 9.99 Å². The Kier molecular flexibility index (Phi) is 4.27. The van der Waals surface area contributed by atoms with Crippen molar-refractivity contribution >= 4 is 23.3 Å². The molecule has 0 aromatic heterocycles. The summed E-state index contributed by atoms with van der Waals surface area (Å²) in [7, 11) is 0. The van der Waals surface area contributed by atoms with Gasteiger partial charge in [0.25, 0.3) is 0 Å². The fraction of sp³-hybridized carbons (Fsp3) is 0.200. The van der Waals surface area contributed by atoms with Crippen molar-refractivity contribution in [2.24, 2.45) is 10.9 Å². The van der Waals surface area contributed by atoms with Crippen LogP contribution in [-0.2, 0) is 4.84 Å². The molecular formula is C10H11ClN2O2. The van der Waals surface area contributed by atoms with Gasteiger partial charge in [0.05, 0.1) is 11.3 Å². The molecule has 0 saturated carbocycles. The molecule has 0 aliphatic rings. The van der Waals surface area contributed by atoms with E-state index in [9.17, 15) is 4.79 Å². The van der Waals surface area contributed by atoms with Gasteiger partial charge >= 0.3 is 5.97 Å². The monoisotopic (exact) mass is 226 g/mol. The molecule has 1 aromatic carbocycles. The highest BCUT2D eigenvalue weighted by atomic mass is 35.5. The number of rotatable bonds is 3. The first kappa shape index (κ1) is 11.7. The summed E-state index contributed by atoms with van der Waals surface area (Å²) >= 11 is 5.67. The van der Waals surface area contributed by atoms with Gasteiger partial charge in [-0.15, -0.1) is 0 Å². The molecule has 0 saturated heterocycles. The van der Waals surface area contributed by atoms with Crippen LogP contribution in [0.25, 0.3) is 0 Å². The van der Waals surface area contributed by atoms with Gasteiger partial charge in [-0.05, 0) is 31.2 Å². The van der Waals surface area contributed by atoms with E-state index in [0.717, 1.165) is 0 Å². The second-order valence-electron chi connectivity index (χ2n) is 2.92. The summed E-state index contributed by atoms with van der Waals surface area (Å²) in [6.07, 6.45) is 0. The van der Waals surface area contributed by atoms with E-state index in [1.165, 1.54) is 0 Å². The summed E-state index contributed by atoms with van der Waals surface area (Å²) in [5, 5.41) is 4.11. The maximum absolute atomic E-state index is 11.4. The number of nitrogens with zero attached hydrogens (tertiary/aromatic N) is 1. The third-order valence-corrected chi connectivity index (χ3v) is 1.91. The van der Waals surface area contributed by atoms with E-state index < -0.39 is 5.97 Å². The van der Waals surface area contributed by atoms with Crippen molar-refractivity contribution in [3.05, 3.63) is 34.9 Å². The number of carbonyl (C=O) groups is 1. The molecule has 0 atom stereocenters. The SMILES string of the molecule is C/C(CN)=N\OC(=O)c1ccc(Cl)cc1. The van der Waals surface area contributed by atoms with Crippen molar-refractivity contribution < 1.29 is 9.63 Å². The van der Waals surface area contributed by atoms with Crippen molar-refractivity contribution in [3.63, 3.8) is 0 Å². The summed E-state index contributed by atoms with van der Waals surface area (Å²) in [5.41, 5.74) is 6.23. The highest BCUT2D eigenvalue weighted by Crippen LogP contribution is 2.10. The second-order valence-corrected chi connectivity index (χ2v) is 3.35. The minimum atomic E-state index is -0.528. The number of carbonyl (C=O) groups excluding carboxylic acids is 1. The zero-order valence-electron chi connectivity index (χ0n) is 8.24. The number of halogens is 1.